The van der Waals surface area contributed by atoms with Crippen LogP contribution < -0.4 is 26.6 Å². The fourth-order valence-electron chi connectivity index (χ4n) is 10.3. The highest BCUT2D eigenvalue weighted by Gasteiger charge is 2.44. The molecule has 3 rings (SSSR count). The molecule has 478 valence electrons. The maximum atomic E-state index is 14.7. The van der Waals surface area contributed by atoms with E-state index in [-0.39, 0.29) is 130 Å². The van der Waals surface area contributed by atoms with Crippen LogP contribution in [0.5, 0.6) is 0 Å². The Morgan fingerprint density at radius 3 is 1.86 bits per heavy atom. The second-order valence-corrected chi connectivity index (χ2v) is 22.5. The van der Waals surface area contributed by atoms with Gasteiger partial charge in [0.05, 0.1) is 106 Å². The van der Waals surface area contributed by atoms with Gasteiger partial charge in [-0.1, -0.05) is 85.2 Å². The third-order valence-electron chi connectivity index (χ3n) is 15.1. The molecule has 1 aliphatic rings. The topological polar surface area (TPSA) is 282 Å². The van der Waals surface area contributed by atoms with Crippen molar-refractivity contribution in [1.82, 2.24) is 30.7 Å². The average Bonchev–Trinajstić information content (AvgIpc) is 4.15. The first kappa shape index (κ1) is 73.8. The van der Waals surface area contributed by atoms with Crippen molar-refractivity contribution in [2.24, 2.45) is 23.7 Å². The SMILES string of the molecule is CCC(C)C(C(CC(=O)N1CCCC1C(OC)C(C)C(=O)N[C@@H](C)[C@H](O)c1ccccc1)OC)N(C)C(=O)[C@@H](NC(=O)C(C(C)C)N(C)C(=O)COCCOCCOCCOCCNC(=O)c1ccc(NC(=O)CCl)c(NC(=O)CCl)c1)C(C)C. The molecule has 1 fully saturated rings. The van der Waals surface area contributed by atoms with E-state index in [1.54, 1.807) is 42.8 Å². The van der Waals surface area contributed by atoms with E-state index in [4.69, 9.17) is 51.6 Å². The van der Waals surface area contributed by atoms with Crippen LogP contribution in [0, 0.1) is 23.7 Å². The Bertz CT molecular complexity index is 2430. The summed E-state index contributed by atoms with van der Waals surface area (Å²) < 4.78 is 34.3. The van der Waals surface area contributed by atoms with Gasteiger partial charge in [0.25, 0.3) is 5.91 Å². The number of aliphatic hydroxyl groups is 1. The molecule has 23 nitrogen and oxygen atoms in total. The maximum absolute atomic E-state index is 14.7. The number of likely N-dealkylation sites (tertiary alicyclic amines) is 1. The second kappa shape index (κ2) is 38.6. The lowest BCUT2D eigenvalue weighted by Gasteiger charge is -2.41. The Kier molecular flexibility index (Phi) is 33.5. The predicted molar refractivity (Wildman–Crippen MR) is 324 cm³/mol. The van der Waals surface area contributed by atoms with Gasteiger partial charge in [-0.25, -0.2) is 0 Å². The van der Waals surface area contributed by atoms with Crippen LogP contribution in [0.3, 0.4) is 0 Å². The number of likely N-dealkylation sites (N-methyl/N-ethyl adjacent to an activating group) is 2. The van der Waals surface area contributed by atoms with E-state index in [1.807, 2.05) is 59.7 Å². The Morgan fingerprint density at radius 2 is 1.31 bits per heavy atom. The smallest absolute Gasteiger partial charge is 0.251 e. The molecule has 1 heterocycles. The minimum Gasteiger partial charge on any atom is -0.386 e. The van der Waals surface area contributed by atoms with Crippen molar-refractivity contribution in [2.75, 3.05) is 117 Å². The summed E-state index contributed by atoms with van der Waals surface area (Å²) >= 11 is 11.2. The van der Waals surface area contributed by atoms with E-state index < -0.39 is 84.0 Å². The van der Waals surface area contributed by atoms with Gasteiger partial charge in [0.1, 0.15) is 30.5 Å². The molecular weight excluding hydrogens is 1140 g/mol. The lowest BCUT2D eigenvalue weighted by Crippen LogP contribution is -2.60. The molecule has 85 heavy (non-hydrogen) atoms. The van der Waals surface area contributed by atoms with Crippen LogP contribution in [-0.2, 0) is 62.0 Å². The normalized spacial score (nSPS) is 16.5. The van der Waals surface area contributed by atoms with Gasteiger partial charge in [-0.3, -0.25) is 38.4 Å². The zero-order valence-electron chi connectivity index (χ0n) is 51.6. The molecule has 0 saturated carbocycles. The number of aliphatic hydroxyl groups excluding tert-OH is 1. The number of hydrogen-bond donors (Lipinski definition) is 6. The highest BCUT2D eigenvalue weighted by molar-refractivity contribution is 6.30. The van der Waals surface area contributed by atoms with Crippen LogP contribution in [0.25, 0.3) is 0 Å². The van der Waals surface area contributed by atoms with Crippen molar-refractivity contribution in [3.05, 3.63) is 59.7 Å². The number of halogens is 2. The number of amides is 8. The second-order valence-electron chi connectivity index (χ2n) is 21.9. The number of alkyl halides is 2. The van der Waals surface area contributed by atoms with Crippen molar-refractivity contribution in [2.45, 2.75) is 130 Å². The fraction of sp³-hybridized carbons (Fsp3) is 0.667. The van der Waals surface area contributed by atoms with Gasteiger partial charge < -0.3 is 74.8 Å². The van der Waals surface area contributed by atoms with Crippen molar-refractivity contribution >= 4 is 81.8 Å². The van der Waals surface area contributed by atoms with Gasteiger partial charge in [0.2, 0.25) is 41.4 Å². The molecule has 8 amide bonds. The summed E-state index contributed by atoms with van der Waals surface area (Å²) in [7, 11) is 6.22. The number of nitrogens with one attached hydrogen (secondary N) is 5. The minimum absolute atomic E-state index is 0.0608. The van der Waals surface area contributed by atoms with E-state index in [0.29, 0.717) is 31.4 Å². The van der Waals surface area contributed by atoms with Crippen LogP contribution in [0.4, 0.5) is 11.4 Å². The molecule has 2 aromatic carbocycles. The molecular formula is C60H94Cl2N8O15. The van der Waals surface area contributed by atoms with E-state index in [9.17, 15) is 43.5 Å². The van der Waals surface area contributed by atoms with Gasteiger partial charge in [-0.15, -0.1) is 23.2 Å². The molecule has 1 aliphatic heterocycles. The lowest BCUT2D eigenvalue weighted by molar-refractivity contribution is -0.149. The van der Waals surface area contributed by atoms with Gasteiger partial charge in [0.15, 0.2) is 0 Å². The molecule has 10 atom stereocenters. The van der Waals surface area contributed by atoms with Gasteiger partial charge in [-0.05, 0) is 61.3 Å². The quantitative estimate of drug-likeness (QED) is 0.0394. The molecule has 0 bridgehead atoms. The van der Waals surface area contributed by atoms with Crippen molar-refractivity contribution in [3.8, 4) is 0 Å². The van der Waals surface area contributed by atoms with E-state index >= 15 is 0 Å². The third-order valence-corrected chi connectivity index (χ3v) is 15.6. The molecule has 6 N–H and O–H groups in total. The Labute approximate surface area is 511 Å². The highest BCUT2D eigenvalue weighted by atomic mass is 35.5. The fourth-order valence-corrected chi connectivity index (χ4v) is 10.4. The maximum Gasteiger partial charge on any atom is 0.251 e. The first-order valence-corrected chi connectivity index (χ1v) is 30.2. The number of carbonyl (C=O) groups excluding carboxylic acids is 8. The number of ether oxygens (including phenoxy) is 6. The van der Waals surface area contributed by atoms with Crippen molar-refractivity contribution < 1.29 is 71.9 Å². The molecule has 0 aliphatic carbocycles. The minimum atomic E-state index is -0.992. The summed E-state index contributed by atoms with van der Waals surface area (Å²) in [6.07, 6.45) is -0.401. The predicted octanol–water partition coefficient (Wildman–Crippen LogP) is 4.62. The van der Waals surface area contributed by atoms with Crippen LogP contribution in [0.15, 0.2) is 48.5 Å². The summed E-state index contributed by atoms with van der Waals surface area (Å²) in [4.78, 5) is 111. The van der Waals surface area contributed by atoms with Gasteiger partial charge in [-0.2, -0.15) is 0 Å². The van der Waals surface area contributed by atoms with Crippen LogP contribution >= 0.6 is 23.2 Å². The van der Waals surface area contributed by atoms with E-state index in [2.05, 4.69) is 26.6 Å². The summed E-state index contributed by atoms with van der Waals surface area (Å²) in [5.41, 5.74) is 1.35. The lowest BCUT2D eigenvalue weighted by atomic mass is 9.89. The van der Waals surface area contributed by atoms with E-state index in [1.165, 1.54) is 44.4 Å². The van der Waals surface area contributed by atoms with Crippen molar-refractivity contribution in [1.29, 1.82) is 0 Å². The molecule has 7 unspecified atom stereocenters. The number of anilines is 2. The molecule has 1 saturated heterocycles. The Balaban J connectivity index is 1.47. The first-order chi connectivity index (χ1) is 40.5. The van der Waals surface area contributed by atoms with Crippen LogP contribution in [-0.4, -0.2) is 216 Å². The number of methoxy groups -OCH3 is 2. The Hall–Kier alpha value is -5.50. The zero-order chi connectivity index (χ0) is 63.3. The molecule has 0 radical (unpaired) electrons. The zero-order valence-corrected chi connectivity index (χ0v) is 53.1. The largest absolute Gasteiger partial charge is 0.386 e. The first-order valence-electron chi connectivity index (χ1n) is 29.1. The molecule has 0 aromatic heterocycles. The number of nitrogens with zero attached hydrogens (tertiary/aromatic N) is 3. The van der Waals surface area contributed by atoms with Crippen LogP contribution in [0.2, 0.25) is 0 Å². The van der Waals surface area contributed by atoms with E-state index in [0.717, 1.165) is 0 Å². The van der Waals surface area contributed by atoms with Gasteiger partial charge >= 0.3 is 0 Å². The molecule has 0 spiro atoms. The molecule has 25 heteroatoms. The monoisotopic (exact) mass is 1240 g/mol. The summed E-state index contributed by atoms with van der Waals surface area (Å²) in [6.45, 7) is 16.6. The highest BCUT2D eigenvalue weighted by Crippen LogP contribution is 2.31. The third kappa shape index (κ3) is 23.3. The molecule has 2 aromatic rings. The average molecular weight is 1240 g/mol. The number of hydrogen-bond acceptors (Lipinski definition) is 15. The number of benzene rings is 2. The van der Waals surface area contributed by atoms with Crippen LogP contribution in [0.1, 0.15) is 103 Å². The number of carbonyl (C=O) groups is 8. The Morgan fingerprint density at radius 1 is 0.718 bits per heavy atom. The summed E-state index contributed by atoms with van der Waals surface area (Å²) in [5.74, 6) is -5.44. The summed E-state index contributed by atoms with van der Waals surface area (Å²) in [5, 5.41) is 24.6. The van der Waals surface area contributed by atoms with Crippen molar-refractivity contribution in [3.63, 3.8) is 0 Å². The number of rotatable bonds is 39. The standard InChI is InChI=1S/C60H94Cl2N8O15/c1-13-39(6)54(47(80-11)33-50(73)70-24-17-20-46(70)56(81-12)40(7)57(76)64-41(8)55(75)42-18-15-14-16-19-42)69(10)60(79)52(37(2)3)67-59(78)53(38(4)5)68(9)51(74)36-85-31-30-84-29-28-83-27-26-82-25-23-63-58(77)43-21-22-44(65-48(71)34-61)45(32-43)66-49(72)35-62/h14-16,18-19,21-22,32,37-41,46-47,52-56,75H,13,17,20,23-31,33-36H2,1-12H3,(H,63,77)(H,64,76)(H,65,71)(H,66,72)(H,67,78)/t39?,40?,41-,46?,47?,52-,53?,54?,55-,56?/m0/s1. The summed E-state index contributed by atoms with van der Waals surface area (Å²) in [6, 6.07) is 9.93. The van der Waals surface area contributed by atoms with Gasteiger partial charge in [0, 0.05) is 47.0 Å².